The Balaban J connectivity index is 1.33. The van der Waals surface area contributed by atoms with Crippen molar-refractivity contribution < 1.29 is 23.8 Å². The zero-order valence-electron chi connectivity index (χ0n) is 16.7. The van der Waals surface area contributed by atoms with Gasteiger partial charge >= 0.3 is 5.97 Å². The van der Waals surface area contributed by atoms with Crippen LogP contribution in [0.2, 0.25) is 0 Å². The molecule has 5 nitrogen and oxygen atoms in total. The van der Waals surface area contributed by atoms with Crippen LogP contribution in [0.1, 0.15) is 21.5 Å². The Labute approximate surface area is 180 Å². The Kier molecular flexibility index (Phi) is 6.24. The number of benzene rings is 3. The van der Waals surface area contributed by atoms with Crippen molar-refractivity contribution in [2.75, 3.05) is 6.61 Å². The number of Topliss-reactive ketones (excluding diaryl/α,β-unsaturated/α-hetero) is 1. The molecule has 0 amide bonds. The summed E-state index contributed by atoms with van der Waals surface area (Å²) in [6, 6.07) is 24.0. The molecule has 5 heteroatoms. The van der Waals surface area contributed by atoms with Crippen molar-refractivity contribution in [3.8, 4) is 11.5 Å². The van der Waals surface area contributed by atoms with Gasteiger partial charge in [-0.3, -0.25) is 4.79 Å². The van der Waals surface area contributed by atoms with E-state index in [9.17, 15) is 9.59 Å². The molecule has 0 spiro atoms. The maximum Gasteiger partial charge on any atom is 0.344 e. The summed E-state index contributed by atoms with van der Waals surface area (Å²) in [5.74, 6) is 0.389. The Morgan fingerprint density at radius 2 is 1.68 bits per heavy atom. The van der Waals surface area contributed by atoms with Crippen LogP contribution >= 0.6 is 0 Å². The number of hydrogen-bond donors (Lipinski definition) is 0. The van der Waals surface area contributed by atoms with Gasteiger partial charge in [-0.15, -0.1) is 0 Å². The molecule has 154 valence electrons. The van der Waals surface area contributed by atoms with Crippen LogP contribution in [0.4, 0.5) is 0 Å². The summed E-state index contributed by atoms with van der Waals surface area (Å²) in [5.41, 5.74) is 2.39. The summed E-state index contributed by atoms with van der Waals surface area (Å²) < 4.78 is 16.4. The molecule has 1 aliphatic heterocycles. The van der Waals surface area contributed by atoms with Gasteiger partial charge in [-0.25, -0.2) is 4.79 Å². The van der Waals surface area contributed by atoms with E-state index >= 15 is 0 Å². The van der Waals surface area contributed by atoms with Crippen LogP contribution in [0, 0.1) is 0 Å². The van der Waals surface area contributed by atoms with Crippen molar-refractivity contribution in [2.45, 2.75) is 6.61 Å². The number of rotatable bonds is 7. The minimum absolute atomic E-state index is 0.190. The van der Waals surface area contributed by atoms with Crippen molar-refractivity contribution >= 4 is 17.8 Å². The first kappa shape index (κ1) is 20.2. The van der Waals surface area contributed by atoms with Crippen LogP contribution in [0.15, 0.2) is 96.8 Å². The average Bonchev–Trinajstić information content (AvgIpc) is 3.12. The number of allylic oxidation sites excluding steroid dienone is 3. The Morgan fingerprint density at radius 3 is 2.45 bits per heavy atom. The number of carbonyl (C=O) groups is 2. The second kappa shape index (κ2) is 9.59. The third kappa shape index (κ3) is 5.28. The van der Waals surface area contributed by atoms with Gasteiger partial charge in [0.05, 0.1) is 5.56 Å². The lowest BCUT2D eigenvalue weighted by molar-refractivity contribution is -0.147. The molecular formula is C26H20O5. The highest BCUT2D eigenvalue weighted by Crippen LogP contribution is 2.34. The third-order valence-corrected chi connectivity index (χ3v) is 4.58. The minimum atomic E-state index is -0.479. The van der Waals surface area contributed by atoms with Crippen LogP contribution in [0.5, 0.6) is 11.5 Å². The molecule has 0 saturated heterocycles. The number of fused-ring (bicyclic) bond motifs is 1. The lowest BCUT2D eigenvalue weighted by Gasteiger charge is -2.08. The molecule has 1 heterocycles. The monoisotopic (exact) mass is 412 g/mol. The topological polar surface area (TPSA) is 61.8 Å². The molecule has 0 atom stereocenters. The van der Waals surface area contributed by atoms with E-state index in [1.54, 1.807) is 30.4 Å². The molecule has 3 aromatic rings. The van der Waals surface area contributed by atoms with Crippen LogP contribution < -0.4 is 9.47 Å². The van der Waals surface area contributed by atoms with E-state index in [1.807, 2.05) is 66.7 Å². The van der Waals surface area contributed by atoms with Crippen LogP contribution in [0.3, 0.4) is 0 Å². The first-order chi connectivity index (χ1) is 15.2. The number of hydrogen-bond acceptors (Lipinski definition) is 5. The number of esters is 1. The summed E-state index contributed by atoms with van der Waals surface area (Å²) in [4.78, 5) is 24.4. The summed E-state index contributed by atoms with van der Waals surface area (Å²) in [6.07, 6.45) is 5.30. The smallest absolute Gasteiger partial charge is 0.344 e. The molecule has 4 rings (SSSR count). The van der Waals surface area contributed by atoms with Gasteiger partial charge in [-0.1, -0.05) is 72.8 Å². The highest BCUT2D eigenvalue weighted by molar-refractivity contribution is 6.12. The summed E-state index contributed by atoms with van der Waals surface area (Å²) in [6.45, 7) is -0.0441. The molecule has 1 aliphatic rings. The van der Waals surface area contributed by atoms with E-state index < -0.39 is 5.97 Å². The fraction of sp³-hybridized carbons (Fsp3) is 0.0769. The normalized spacial score (nSPS) is 13.8. The first-order valence-corrected chi connectivity index (χ1v) is 9.81. The largest absolute Gasteiger partial charge is 0.482 e. The maximum atomic E-state index is 12.5. The Morgan fingerprint density at radius 1 is 0.935 bits per heavy atom. The highest BCUT2D eigenvalue weighted by Gasteiger charge is 2.27. The molecule has 31 heavy (non-hydrogen) atoms. The third-order valence-electron chi connectivity index (χ3n) is 4.58. The van der Waals surface area contributed by atoms with Gasteiger partial charge < -0.3 is 14.2 Å². The molecule has 0 aromatic heterocycles. The maximum absolute atomic E-state index is 12.5. The predicted molar refractivity (Wildman–Crippen MR) is 117 cm³/mol. The quantitative estimate of drug-likeness (QED) is 0.405. The molecule has 0 bridgehead atoms. The first-order valence-electron chi connectivity index (χ1n) is 9.81. The molecule has 0 unspecified atom stereocenters. The zero-order chi connectivity index (χ0) is 21.5. The molecular weight excluding hydrogens is 392 g/mol. The van der Waals surface area contributed by atoms with Crippen molar-refractivity contribution in [1.82, 2.24) is 0 Å². The van der Waals surface area contributed by atoms with E-state index in [4.69, 9.17) is 14.2 Å². The van der Waals surface area contributed by atoms with Crippen LogP contribution in [-0.2, 0) is 16.1 Å². The molecule has 0 radical (unpaired) electrons. The second-order valence-corrected chi connectivity index (χ2v) is 6.82. The van der Waals surface area contributed by atoms with E-state index in [0.717, 1.165) is 11.1 Å². The van der Waals surface area contributed by atoms with Gasteiger partial charge in [0.15, 0.2) is 12.4 Å². The van der Waals surface area contributed by atoms with Crippen LogP contribution in [-0.4, -0.2) is 18.4 Å². The lowest BCUT2D eigenvalue weighted by atomic mass is 10.1. The van der Waals surface area contributed by atoms with E-state index in [0.29, 0.717) is 17.1 Å². The summed E-state index contributed by atoms with van der Waals surface area (Å²) in [7, 11) is 0. The van der Waals surface area contributed by atoms with Crippen molar-refractivity contribution in [2.24, 2.45) is 0 Å². The summed E-state index contributed by atoms with van der Waals surface area (Å²) >= 11 is 0. The molecule has 0 fully saturated rings. The Hall–Kier alpha value is -4.12. The van der Waals surface area contributed by atoms with Gasteiger partial charge in [0.2, 0.25) is 5.78 Å². The highest BCUT2D eigenvalue weighted by atomic mass is 16.6. The summed E-state index contributed by atoms with van der Waals surface area (Å²) in [5, 5.41) is 0. The average molecular weight is 412 g/mol. The van der Waals surface area contributed by atoms with Gasteiger partial charge in [-0.2, -0.15) is 0 Å². The van der Waals surface area contributed by atoms with E-state index in [1.165, 1.54) is 0 Å². The molecule has 0 aliphatic carbocycles. The van der Waals surface area contributed by atoms with Crippen molar-refractivity contribution in [1.29, 1.82) is 0 Å². The molecule has 0 saturated carbocycles. The second-order valence-electron chi connectivity index (χ2n) is 6.82. The van der Waals surface area contributed by atoms with Gasteiger partial charge in [0, 0.05) is 6.07 Å². The van der Waals surface area contributed by atoms with Gasteiger partial charge in [0.1, 0.15) is 18.1 Å². The van der Waals surface area contributed by atoms with E-state index in [-0.39, 0.29) is 24.8 Å². The number of ether oxygens (including phenoxy) is 3. The predicted octanol–water partition coefficient (Wildman–Crippen LogP) is 4.98. The lowest BCUT2D eigenvalue weighted by Crippen LogP contribution is -2.14. The van der Waals surface area contributed by atoms with Gasteiger partial charge in [-0.05, 0) is 29.3 Å². The number of carbonyl (C=O) groups excluding carboxylic acids is 2. The van der Waals surface area contributed by atoms with Crippen LogP contribution in [0.25, 0.3) is 6.08 Å². The number of ketones is 1. The van der Waals surface area contributed by atoms with Gasteiger partial charge in [0.25, 0.3) is 0 Å². The molecule has 0 N–H and O–H groups in total. The standard InChI is InChI=1S/C26H20O5/c27-25(30-17-20-10-5-2-6-11-20)18-29-21-14-15-22-24(16-21)31-23(26(22)28)13-7-12-19-8-3-1-4-9-19/h1-16H,17-18H2. The van der Waals surface area contributed by atoms with E-state index in [2.05, 4.69) is 0 Å². The van der Waals surface area contributed by atoms with Crippen molar-refractivity contribution in [3.05, 3.63) is 113 Å². The Bertz CT molecular complexity index is 1130. The zero-order valence-corrected chi connectivity index (χ0v) is 16.7. The van der Waals surface area contributed by atoms with Crippen molar-refractivity contribution in [3.63, 3.8) is 0 Å². The fourth-order valence-corrected chi connectivity index (χ4v) is 3.00. The fourth-order valence-electron chi connectivity index (χ4n) is 3.00. The molecule has 3 aromatic carbocycles. The SMILES string of the molecule is O=C(COc1ccc2c(c1)OC(=CC=Cc1ccccc1)C2=O)OCc1ccccc1. The minimum Gasteiger partial charge on any atom is -0.482 e.